The van der Waals surface area contributed by atoms with Gasteiger partial charge in [0.15, 0.2) is 0 Å². The van der Waals surface area contributed by atoms with Crippen LogP contribution in [0.4, 0.5) is 0 Å². The average molecular weight is 721 g/mol. The minimum Gasteiger partial charge on any atom is -0.459 e. The van der Waals surface area contributed by atoms with Crippen LogP contribution in [0.15, 0.2) is 0 Å². The second-order valence-corrected chi connectivity index (χ2v) is 16.9. The van der Waals surface area contributed by atoms with Gasteiger partial charge < -0.3 is 9.47 Å². The van der Waals surface area contributed by atoms with E-state index in [9.17, 15) is 9.59 Å². The van der Waals surface area contributed by atoms with Crippen LogP contribution >= 0.6 is 0 Å². The van der Waals surface area contributed by atoms with Crippen molar-refractivity contribution in [2.24, 2.45) is 0 Å². The zero-order chi connectivity index (χ0) is 37.7. The van der Waals surface area contributed by atoms with Crippen molar-refractivity contribution >= 4 is 11.9 Å². The van der Waals surface area contributed by atoms with Crippen LogP contribution in [0.25, 0.3) is 0 Å². The maximum Gasteiger partial charge on any atom is 0.317 e. The summed E-state index contributed by atoms with van der Waals surface area (Å²) in [7, 11) is 0. The van der Waals surface area contributed by atoms with Crippen molar-refractivity contribution in [1.29, 1.82) is 0 Å². The quantitative estimate of drug-likeness (QED) is 0.0359. The summed E-state index contributed by atoms with van der Waals surface area (Å²) in [6.07, 6.45) is 43.8. The first kappa shape index (κ1) is 49.9. The van der Waals surface area contributed by atoms with Gasteiger partial charge in [-0.05, 0) is 65.2 Å². The van der Waals surface area contributed by atoms with Crippen LogP contribution in [0.1, 0.15) is 279 Å². The summed E-state index contributed by atoms with van der Waals surface area (Å²) in [4.78, 5) is 26.6. The second-order valence-electron chi connectivity index (χ2n) is 16.9. The van der Waals surface area contributed by atoms with Crippen LogP contribution in [-0.4, -0.2) is 23.1 Å². The van der Waals surface area contributed by atoms with E-state index in [1.54, 1.807) is 0 Å². The number of unbranched alkanes of at least 4 members (excludes halogenated alkanes) is 28. The Hall–Kier alpha value is -1.06. The zero-order valence-corrected chi connectivity index (χ0v) is 35.8. The zero-order valence-electron chi connectivity index (χ0n) is 35.8. The lowest BCUT2D eigenvalue weighted by molar-refractivity contribution is -0.171. The van der Waals surface area contributed by atoms with Gasteiger partial charge in [-0.1, -0.05) is 207 Å². The minimum atomic E-state index is -0.501. The van der Waals surface area contributed by atoms with E-state index in [1.165, 1.54) is 180 Å². The van der Waals surface area contributed by atoms with Crippen molar-refractivity contribution in [3.05, 3.63) is 0 Å². The lowest BCUT2D eigenvalue weighted by atomic mass is 9.90. The molecule has 0 spiro atoms. The van der Waals surface area contributed by atoms with E-state index >= 15 is 0 Å². The van der Waals surface area contributed by atoms with Crippen molar-refractivity contribution < 1.29 is 19.1 Å². The number of ether oxygens (including phenoxy) is 2. The smallest absolute Gasteiger partial charge is 0.317 e. The summed E-state index contributed by atoms with van der Waals surface area (Å²) in [6.45, 7) is 13.3. The summed E-state index contributed by atoms with van der Waals surface area (Å²) in [6, 6.07) is 0. The molecule has 0 atom stereocenters. The predicted octanol–water partition coefficient (Wildman–Crippen LogP) is 16.1. The van der Waals surface area contributed by atoms with Gasteiger partial charge in [0, 0.05) is 0 Å². The summed E-state index contributed by atoms with van der Waals surface area (Å²) in [5, 5.41) is 0. The molecule has 0 amide bonds. The summed E-state index contributed by atoms with van der Waals surface area (Å²) in [5.41, 5.74) is -1.00. The Morgan fingerprint density at radius 3 is 0.686 bits per heavy atom. The van der Waals surface area contributed by atoms with Gasteiger partial charge in [-0.15, -0.1) is 0 Å². The molecule has 0 heterocycles. The molecule has 0 fully saturated rings. The van der Waals surface area contributed by atoms with Crippen molar-refractivity contribution in [2.45, 2.75) is 290 Å². The number of rotatable bonds is 40. The van der Waals surface area contributed by atoms with Crippen LogP contribution in [0, 0.1) is 0 Å². The molecule has 0 aliphatic rings. The Kier molecular flexibility index (Phi) is 35.2. The fourth-order valence-electron chi connectivity index (χ4n) is 7.73. The highest BCUT2D eigenvalue weighted by Gasteiger charge is 2.32. The molecule has 0 bridgehead atoms. The Labute approximate surface area is 320 Å². The van der Waals surface area contributed by atoms with Gasteiger partial charge in [0.2, 0.25) is 0 Å². The summed E-state index contributed by atoms with van der Waals surface area (Å²) >= 11 is 0. The molecule has 304 valence electrons. The van der Waals surface area contributed by atoms with E-state index in [1.807, 2.05) is 0 Å². The summed E-state index contributed by atoms with van der Waals surface area (Å²) < 4.78 is 12.4. The predicted molar refractivity (Wildman–Crippen MR) is 223 cm³/mol. The molecule has 0 rings (SSSR count). The van der Waals surface area contributed by atoms with Crippen LogP contribution in [-0.2, 0) is 19.1 Å². The van der Waals surface area contributed by atoms with Gasteiger partial charge in [-0.3, -0.25) is 9.59 Å². The van der Waals surface area contributed by atoms with Gasteiger partial charge >= 0.3 is 11.9 Å². The molecule has 51 heavy (non-hydrogen) atoms. The first-order valence-corrected chi connectivity index (χ1v) is 23.2. The van der Waals surface area contributed by atoms with Gasteiger partial charge in [-0.25, -0.2) is 0 Å². The van der Waals surface area contributed by atoms with E-state index < -0.39 is 23.1 Å². The number of hydrogen-bond acceptors (Lipinski definition) is 4. The van der Waals surface area contributed by atoms with Crippen LogP contribution < -0.4 is 0 Å². The van der Waals surface area contributed by atoms with Crippen LogP contribution in [0.3, 0.4) is 0 Å². The maximum absolute atomic E-state index is 13.3. The fraction of sp³-hybridized carbons (Fsp3) is 0.957. The van der Waals surface area contributed by atoms with Crippen molar-refractivity contribution in [3.8, 4) is 0 Å². The van der Waals surface area contributed by atoms with E-state index in [0.29, 0.717) is 0 Å². The first-order valence-electron chi connectivity index (χ1n) is 23.2. The number of hydrogen-bond donors (Lipinski definition) is 0. The Balaban J connectivity index is 5.07. The van der Waals surface area contributed by atoms with E-state index in [0.717, 1.165) is 51.4 Å². The molecule has 4 nitrogen and oxygen atoms in total. The van der Waals surface area contributed by atoms with E-state index in [2.05, 4.69) is 41.5 Å². The normalized spacial score (nSPS) is 12.0. The molecule has 0 saturated heterocycles. The number of carbonyl (C=O) groups is 2. The standard InChI is InChI=1S/C47H92O4/c1-7-11-15-19-23-27-31-35-39-46(5,40-36-32-28-24-20-16-12-8-2)50-44(48)43-45(49)51-47(6,41-37-33-29-25-21-17-13-9-3)42-38-34-30-26-22-18-14-10-4/h7-43H2,1-6H3. The second kappa shape index (κ2) is 35.9. The third-order valence-electron chi connectivity index (χ3n) is 11.2. The number of carbonyl (C=O) groups excluding carboxylic acids is 2. The highest BCUT2D eigenvalue weighted by Crippen LogP contribution is 2.30. The van der Waals surface area contributed by atoms with Crippen molar-refractivity contribution in [1.82, 2.24) is 0 Å². The third-order valence-corrected chi connectivity index (χ3v) is 11.2. The molecule has 0 aromatic heterocycles. The van der Waals surface area contributed by atoms with Crippen LogP contribution in [0.2, 0.25) is 0 Å². The number of esters is 2. The highest BCUT2D eigenvalue weighted by molar-refractivity contribution is 5.91. The molecule has 0 N–H and O–H groups in total. The maximum atomic E-state index is 13.3. The topological polar surface area (TPSA) is 52.6 Å². The summed E-state index contributed by atoms with van der Waals surface area (Å²) in [5.74, 6) is -0.800. The van der Waals surface area contributed by atoms with Crippen LogP contribution in [0.5, 0.6) is 0 Å². The fourth-order valence-corrected chi connectivity index (χ4v) is 7.73. The molecule has 0 unspecified atom stereocenters. The Morgan fingerprint density at radius 1 is 0.314 bits per heavy atom. The average Bonchev–Trinajstić information content (AvgIpc) is 3.09. The minimum absolute atomic E-state index is 0.269. The Morgan fingerprint density at radius 2 is 0.490 bits per heavy atom. The van der Waals surface area contributed by atoms with E-state index in [-0.39, 0.29) is 6.42 Å². The van der Waals surface area contributed by atoms with Crippen molar-refractivity contribution in [2.75, 3.05) is 0 Å². The first-order chi connectivity index (χ1) is 24.7. The monoisotopic (exact) mass is 721 g/mol. The Bertz CT molecular complexity index is 659. The molecular formula is C47H92O4. The molecule has 0 aliphatic carbocycles. The van der Waals surface area contributed by atoms with Crippen molar-refractivity contribution in [3.63, 3.8) is 0 Å². The largest absolute Gasteiger partial charge is 0.459 e. The van der Waals surface area contributed by atoms with E-state index in [4.69, 9.17) is 9.47 Å². The van der Waals surface area contributed by atoms with Gasteiger partial charge in [0.05, 0.1) is 0 Å². The molecule has 0 aliphatic heterocycles. The molecule has 0 radical (unpaired) electrons. The SMILES string of the molecule is CCCCCCCCCCC(C)(CCCCCCCCCC)OC(=O)CC(=O)OC(C)(CCCCCCCCCC)CCCCCCCCCC. The molecular weight excluding hydrogens is 629 g/mol. The molecule has 0 aromatic rings. The van der Waals surface area contributed by atoms with Gasteiger partial charge in [0.25, 0.3) is 0 Å². The highest BCUT2D eigenvalue weighted by atomic mass is 16.6. The van der Waals surface area contributed by atoms with Gasteiger partial charge in [0.1, 0.15) is 17.6 Å². The molecule has 0 aromatic carbocycles. The lowest BCUT2D eigenvalue weighted by Crippen LogP contribution is -2.35. The van der Waals surface area contributed by atoms with Gasteiger partial charge in [-0.2, -0.15) is 0 Å². The lowest BCUT2D eigenvalue weighted by Gasteiger charge is -2.32. The third kappa shape index (κ3) is 33.3. The molecule has 4 heteroatoms. The molecule has 0 saturated carbocycles.